The number of anilines is 1. The number of hydrogen-bond donors (Lipinski definition) is 1. The van der Waals surface area contributed by atoms with Crippen molar-refractivity contribution in [2.45, 2.75) is 35.7 Å². The van der Waals surface area contributed by atoms with Crippen LogP contribution in [-0.4, -0.2) is 82.4 Å². The highest BCUT2D eigenvalue weighted by atomic mass is 32.2. The van der Waals surface area contributed by atoms with Crippen LogP contribution in [0.3, 0.4) is 0 Å². The number of fused-ring (bicyclic) bond motifs is 1. The van der Waals surface area contributed by atoms with Crippen LogP contribution in [0.5, 0.6) is 0 Å². The van der Waals surface area contributed by atoms with E-state index in [-0.39, 0.29) is 35.3 Å². The van der Waals surface area contributed by atoms with Crippen LogP contribution in [0.4, 0.5) is 5.69 Å². The Bertz CT molecular complexity index is 958. The maximum Gasteiger partial charge on any atom is 0.243 e. The Kier molecular flexibility index (Phi) is 7.40. The van der Waals surface area contributed by atoms with Crippen molar-refractivity contribution in [3.63, 3.8) is 0 Å². The Balaban J connectivity index is 1.58. The van der Waals surface area contributed by atoms with E-state index in [1.807, 2.05) is 6.92 Å². The minimum Gasteiger partial charge on any atom is -0.379 e. The average Bonchev–Trinajstić information content (AvgIpc) is 3.30. The minimum absolute atomic E-state index is 0.00539. The van der Waals surface area contributed by atoms with Gasteiger partial charge in [-0.05, 0) is 31.0 Å². The van der Waals surface area contributed by atoms with Crippen LogP contribution in [0.25, 0.3) is 0 Å². The fraction of sp³-hybridized carbons (Fsp3) is 0.619. The molecule has 1 N–H and O–H groups in total. The van der Waals surface area contributed by atoms with E-state index in [0.717, 1.165) is 17.7 Å². The first-order valence-corrected chi connectivity index (χ1v) is 13.3. The first kappa shape index (κ1) is 23.5. The Morgan fingerprint density at radius 2 is 2.03 bits per heavy atom. The lowest BCUT2D eigenvalue weighted by Crippen LogP contribution is -2.44. The van der Waals surface area contributed by atoms with Gasteiger partial charge in [0.1, 0.15) is 6.54 Å². The molecule has 2 saturated heterocycles. The van der Waals surface area contributed by atoms with E-state index in [9.17, 15) is 18.0 Å². The summed E-state index contributed by atoms with van der Waals surface area (Å²) < 4.78 is 38.5. The summed E-state index contributed by atoms with van der Waals surface area (Å²) in [5.74, 6) is -0.211. The lowest BCUT2D eigenvalue weighted by Gasteiger charge is -2.28. The van der Waals surface area contributed by atoms with Gasteiger partial charge in [-0.2, -0.15) is 4.31 Å². The van der Waals surface area contributed by atoms with Gasteiger partial charge in [0.05, 0.1) is 29.9 Å². The predicted molar refractivity (Wildman–Crippen MR) is 120 cm³/mol. The van der Waals surface area contributed by atoms with Crippen molar-refractivity contribution in [3.05, 3.63) is 18.2 Å². The minimum atomic E-state index is -3.72. The molecule has 11 heteroatoms. The van der Waals surface area contributed by atoms with Crippen LogP contribution in [0.15, 0.2) is 28.0 Å². The topological polar surface area (TPSA) is 105 Å². The summed E-state index contributed by atoms with van der Waals surface area (Å²) in [4.78, 5) is 28.1. The Morgan fingerprint density at radius 3 is 2.75 bits per heavy atom. The molecule has 2 amide bonds. The summed E-state index contributed by atoms with van der Waals surface area (Å²) in [6, 6.07) is 4.83. The summed E-state index contributed by atoms with van der Waals surface area (Å²) in [5.41, 5.74) is 0.464. The number of thioether (sulfide) groups is 1. The normalized spacial score (nSPS) is 24.8. The molecular weight excluding hydrogens is 454 g/mol. The van der Waals surface area contributed by atoms with E-state index < -0.39 is 10.0 Å². The van der Waals surface area contributed by atoms with Crippen molar-refractivity contribution in [2.24, 2.45) is 5.92 Å². The number of amides is 2. The number of sulfonamides is 1. The number of nitrogens with zero attached hydrogens (tertiary/aromatic N) is 2. The highest BCUT2D eigenvalue weighted by molar-refractivity contribution is 7.99. The fourth-order valence-electron chi connectivity index (χ4n) is 3.99. The zero-order chi connectivity index (χ0) is 22.7. The Hall–Kier alpha value is -1.66. The number of hydrogen-bond acceptors (Lipinski definition) is 7. The van der Waals surface area contributed by atoms with Crippen LogP contribution in [0, 0.1) is 5.92 Å². The van der Waals surface area contributed by atoms with E-state index >= 15 is 0 Å². The van der Waals surface area contributed by atoms with Crippen LogP contribution in [-0.2, 0) is 29.1 Å². The van der Waals surface area contributed by atoms with Gasteiger partial charge in [0.15, 0.2) is 0 Å². The van der Waals surface area contributed by atoms with Crippen molar-refractivity contribution < 1.29 is 27.5 Å². The number of rotatable bonds is 6. The second kappa shape index (κ2) is 10.1. The lowest BCUT2D eigenvalue weighted by atomic mass is 10.1. The molecule has 1 aromatic carbocycles. The van der Waals surface area contributed by atoms with Gasteiger partial charge in [-0.25, -0.2) is 8.42 Å². The molecule has 0 unspecified atom stereocenters. The SMILES string of the molecule is C[C@@H]1CSc2ccc(S(=O)(=O)N3CCOCC3)cc2N(CC(=O)NC[C@@H]2CCCO2)C1=O. The Labute approximate surface area is 192 Å². The maximum absolute atomic E-state index is 13.2. The number of benzene rings is 1. The molecular formula is C21H29N3O6S2. The van der Waals surface area contributed by atoms with Gasteiger partial charge < -0.3 is 19.7 Å². The molecule has 0 radical (unpaired) electrons. The maximum atomic E-state index is 13.2. The van der Waals surface area contributed by atoms with Crippen LogP contribution < -0.4 is 10.2 Å². The van der Waals surface area contributed by atoms with Gasteiger partial charge in [-0.15, -0.1) is 11.8 Å². The zero-order valence-corrected chi connectivity index (χ0v) is 19.8. The van der Waals surface area contributed by atoms with Crippen LogP contribution >= 0.6 is 11.8 Å². The van der Waals surface area contributed by atoms with E-state index in [1.54, 1.807) is 12.1 Å². The predicted octanol–water partition coefficient (Wildman–Crippen LogP) is 1.08. The Morgan fingerprint density at radius 1 is 1.25 bits per heavy atom. The lowest BCUT2D eigenvalue weighted by molar-refractivity contribution is -0.125. The van der Waals surface area contributed by atoms with Crippen molar-refractivity contribution in [3.8, 4) is 0 Å². The third-order valence-corrected chi connectivity index (χ3v) is 9.08. The summed E-state index contributed by atoms with van der Waals surface area (Å²) in [6.07, 6.45) is 1.89. The van der Waals surface area contributed by atoms with Gasteiger partial charge in [0.2, 0.25) is 21.8 Å². The summed E-state index contributed by atoms with van der Waals surface area (Å²) in [7, 11) is -3.72. The molecule has 0 aromatic heterocycles. The van der Waals surface area contributed by atoms with Gasteiger partial charge in [-0.3, -0.25) is 9.59 Å². The number of nitrogens with one attached hydrogen (secondary N) is 1. The highest BCUT2D eigenvalue weighted by Gasteiger charge is 2.33. The highest BCUT2D eigenvalue weighted by Crippen LogP contribution is 2.38. The molecule has 2 atom stereocenters. The number of ether oxygens (including phenoxy) is 2. The third-order valence-electron chi connectivity index (χ3n) is 5.86. The third kappa shape index (κ3) is 5.12. The molecule has 9 nitrogen and oxygen atoms in total. The molecule has 0 spiro atoms. The first-order valence-electron chi connectivity index (χ1n) is 10.9. The van der Waals surface area contributed by atoms with E-state index in [2.05, 4.69) is 5.32 Å². The number of carbonyl (C=O) groups is 2. The number of morpholine rings is 1. The second-order valence-corrected chi connectivity index (χ2v) is 11.2. The largest absolute Gasteiger partial charge is 0.379 e. The zero-order valence-electron chi connectivity index (χ0n) is 18.1. The van der Waals surface area contributed by atoms with Crippen molar-refractivity contribution >= 4 is 39.3 Å². The molecule has 3 heterocycles. The molecule has 0 aliphatic carbocycles. The molecule has 32 heavy (non-hydrogen) atoms. The van der Waals surface area contributed by atoms with E-state index in [4.69, 9.17) is 9.47 Å². The molecule has 3 aliphatic heterocycles. The quantitative estimate of drug-likeness (QED) is 0.645. The van der Waals surface area contributed by atoms with E-state index in [0.29, 0.717) is 50.9 Å². The van der Waals surface area contributed by atoms with Crippen LogP contribution in [0.1, 0.15) is 19.8 Å². The second-order valence-electron chi connectivity index (χ2n) is 8.22. The van der Waals surface area contributed by atoms with Crippen LogP contribution in [0.2, 0.25) is 0 Å². The monoisotopic (exact) mass is 483 g/mol. The van der Waals surface area contributed by atoms with Gasteiger partial charge in [0.25, 0.3) is 0 Å². The summed E-state index contributed by atoms with van der Waals surface area (Å²) >= 11 is 1.50. The standard InChI is InChI=1S/C21H29N3O6S2/c1-15-14-31-19-5-4-17(32(27,28)23-6-9-29-10-7-23)11-18(19)24(21(15)26)13-20(25)22-12-16-3-2-8-30-16/h4-5,11,15-16H,2-3,6-10,12-14H2,1H3,(H,22,25)/t15-,16+/m1/s1. The molecule has 1 aromatic rings. The number of carbonyl (C=O) groups excluding carboxylic acids is 2. The van der Waals surface area contributed by atoms with Gasteiger partial charge in [-0.1, -0.05) is 6.92 Å². The molecule has 0 bridgehead atoms. The first-order chi connectivity index (χ1) is 15.4. The summed E-state index contributed by atoms with van der Waals surface area (Å²) in [5, 5.41) is 2.85. The average molecular weight is 484 g/mol. The molecule has 176 valence electrons. The molecule has 2 fully saturated rings. The van der Waals surface area contributed by atoms with Gasteiger partial charge in [0, 0.05) is 42.8 Å². The fourth-order valence-corrected chi connectivity index (χ4v) is 6.47. The summed E-state index contributed by atoms with van der Waals surface area (Å²) in [6.45, 7) is 4.06. The van der Waals surface area contributed by atoms with Gasteiger partial charge >= 0.3 is 0 Å². The molecule has 3 aliphatic rings. The van der Waals surface area contributed by atoms with Crippen molar-refractivity contribution in [1.82, 2.24) is 9.62 Å². The smallest absolute Gasteiger partial charge is 0.243 e. The molecule has 0 saturated carbocycles. The van der Waals surface area contributed by atoms with Crippen molar-refractivity contribution in [2.75, 3.05) is 56.7 Å². The molecule has 4 rings (SSSR count). The van der Waals surface area contributed by atoms with Crippen molar-refractivity contribution in [1.29, 1.82) is 0 Å². The van der Waals surface area contributed by atoms with E-state index in [1.165, 1.54) is 27.0 Å².